The summed E-state index contributed by atoms with van der Waals surface area (Å²) in [6.45, 7) is 5.85. The third kappa shape index (κ3) is 4.89. The van der Waals surface area contributed by atoms with Crippen LogP contribution in [0.15, 0.2) is 45.7 Å². The second kappa shape index (κ2) is 10.4. The molecule has 0 radical (unpaired) electrons. The number of rotatable bonds is 2. The number of morpholine rings is 1. The Kier molecular flexibility index (Phi) is 6.87. The topological polar surface area (TPSA) is 96.7 Å². The van der Waals surface area contributed by atoms with Crippen LogP contribution in [0.5, 0.6) is 0 Å². The number of ether oxygens (including phenoxy) is 2. The summed E-state index contributed by atoms with van der Waals surface area (Å²) < 4.78 is 56.2. The minimum atomic E-state index is -4.58. The van der Waals surface area contributed by atoms with E-state index in [-0.39, 0.29) is 28.5 Å². The van der Waals surface area contributed by atoms with E-state index >= 15 is 0 Å². The highest BCUT2D eigenvalue weighted by Gasteiger charge is 2.50. The number of para-hydroxylation sites is 1. The Bertz CT molecular complexity index is 1680. The van der Waals surface area contributed by atoms with Crippen LogP contribution >= 0.6 is 0 Å². The molecule has 0 bridgehead atoms. The summed E-state index contributed by atoms with van der Waals surface area (Å²) >= 11 is 0. The number of pyridine rings is 1. The number of hydrogen-bond donors (Lipinski definition) is 1. The molecule has 4 aromatic rings. The Morgan fingerprint density at radius 1 is 1.15 bits per heavy atom. The first-order valence-corrected chi connectivity index (χ1v) is 13.4. The Morgan fingerprint density at radius 2 is 1.90 bits per heavy atom. The molecule has 6 heterocycles. The molecule has 3 fully saturated rings. The molecule has 3 aromatic heterocycles. The minimum Gasteiger partial charge on any atom is -0.450 e. The fourth-order valence-corrected chi connectivity index (χ4v) is 5.52. The van der Waals surface area contributed by atoms with Crippen LogP contribution in [0.25, 0.3) is 22.1 Å². The number of aromatic amines is 1. The lowest BCUT2D eigenvalue weighted by Crippen LogP contribution is -2.68. The van der Waals surface area contributed by atoms with E-state index in [4.69, 9.17) is 20.3 Å². The minimum absolute atomic E-state index is 0.0872. The number of nitrogens with zero attached hydrogens (tertiary/aromatic N) is 4. The number of aromatic nitrogens is 3. The maximum absolute atomic E-state index is 13.1. The van der Waals surface area contributed by atoms with Crippen LogP contribution in [0.4, 0.5) is 24.7 Å². The van der Waals surface area contributed by atoms with Gasteiger partial charge in [0.15, 0.2) is 11.4 Å². The summed E-state index contributed by atoms with van der Waals surface area (Å²) in [6.07, 6.45) is 4.24. The molecular formula is C29H28F3N5O4. The van der Waals surface area contributed by atoms with E-state index in [1.807, 2.05) is 4.90 Å². The molecule has 0 saturated carbocycles. The van der Waals surface area contributed by atoms with Crippen LogP contribution in [-0.2, 0) is 15.7 Å². The van der Waals surface area contributed by atoms with Crippen LogP contribution in [0.2, 0.25) is 0 Å². The van der Waals surface area contributed by atoms with Gasteiger partial charge in [-0.2, -0.15) is 13.2 Å². The van der Waals surface area contributed by atoms with Gasteiger partial charge >= 0.3 is 6.18 Å². The smallest absolute Gasteiger partial charge is 0.450 e. The first-order valence-electron chi connectivity index (χ1n) is 13.4. The number of H-pyrrole nitrogens is 1. The van der Waals surface area contributed by atoms with Crippen molar-refractivity contribution in [2.24, 2.45) is 0 Å². The number of halogens is 3. The van der Waals surface area contributed by atoms with Crippen molar-refractivity contribution in [2.75, 3.05) is 49.3 Å². The number of furan rings is 1. The largest absolute Gasteiger partial charge is 0.451 e. The zero-order valence-corrected chi connectivity index (χ0v) is 22.3. The van der Waals surface area contributed by atoms with E-state index in [9.17, 15) is 18.0 Å². The van der Waals surface area contributed by atoms with Gasteiger partial charge in [-0.1, -0.05) is 18.1 Å². The lowest BCUT2D eigenvalue weighted by atomic mass is 9.90. The molecule has 0 aliphatic carbocycles. The van der Waals surface area contributed by atoms with Gasteiger partial charge in [-0.15, -0.1) is 6.42 Å². The van der Waals surface area contributed by atoms with Crippen molar-refractivity contribution >= 4 is 33.6 Å². The lowest BCUT2D eigenvalue weighted by Gasteiger charge is -2.53. The van der Waals surface area contributed by atoms with Crippen molar-refractivity contribution in [3.8, 4) is 12.3 Å². The predicted octanol–water partition coefficient (Wildman–Crippen LogP) is 4.35. The Labute approximate surface area is 233 Å². The quantitative estimate of drug-likeness (QED) is 0.358. The molecular weight excluding hydrogens is 539 g/mol. The van der Waals surface area contributed by atoms with E-state index in [1.165, 1.54) is 0 Å². The summed E-state index contributed by atoms with van der Waals surface area (Å²) in [5.41, 5.74) is 1.95. The second-order valence-corrected chi connectivity index (χ2v) is 10.4. The van der Waals surface area contributed by atoms with Gasteiger partial charge in [0, 0.05) is 36.8 Å². The number of fused-ring (bicyclic) bond motifs is 3. The molecule has 214 valence electrons. The standard InChI is InChI=1S/C15H12F3N3O.C14H16N2O3/c16-15(17,18)14-19-11-9-5-1-2-6-10(9)22-12(11)13(20-14)21-7-3-4-8-21;1-3-11-6-12(13(17)15-7-11)16-4-5-19-14(10(16)2)8-18-9-14/h1-2,5-6H,3-4,7-8H2;1,6-7,10H,4-5,8-9H2,2H3,(H,15,17). The molecule has 3 aliphatic heterocycles. The molecule has 1 unspecified atom stereocenters. The first kappa shape index (κ1) is 27.1. The summed E-state index contributed by atoms with van der Waals surface area (Å²) in [4.78, 5) is 26.1. The maximum Gasteiger partial charge on any atom is 0.451 e. The summed E-state index contributed by atoms with van der Waals surface area (Å²) in [5, 5.41) is 0.575. The zero-order chi connectivity index (χ0) is 28.8. The van der Waals surface area contributed by atoms with Gasteiger partial charge in [0.05, 0.1) is 25.9 Å². The average Bonchev–Trinajstić information content (AvgIpc) is 3.61. The molecule has 1 N–H and O–H groups in total. The predicted molar refractivity (Wildman–Crippen MR) is 147 cm³/mol. The molecule has 1 aromatic carbocycles. The molecule has 0 amide bonds. The molecule has 1 spiro atoms. The summed E-state index contributed by atoms with van der Waals surface area (Å²) in [5.74, 6) is 1.67. The number of anilines is 2. The third-order valence-corrected chi connectivity index (χ3v) is 7.86. The van der Waals surface area contributed by atoms with Crippen molar-refractivity contribution in [1.29, 1.82) is 0 Å². The fourth-order valence-electron chi connectivity index (χ4n) is 5.52. The maximum atomic E-state index is 13.1. The molecule has 1 atom stereocenters. The first-order chi connectivity index (χ1) is 19.7. The van der Waals surface area contributed by atoms with Gasteiger partial charge in [0.2, 0.25) is 5.82 Å². The highest BCUT2D eigenvalue weighted by atomic mass is 19.4. The highest BCUT2D eigenvalue weighted by Crippen LogP contribution is 2.37. The van der Waals surface area contributed by atoms with Crippen molar-refractivity contribution in [3.63, 3.8) is 0 Å². The van der Waals surface area contributed by atoms with E-state index in [2.05, 4.69) is 32.7 Å². The van der Waals surface area contributed by atoms with Gasteiger partial charge in [-0.05, 0) is 38.0 Å². The van der Waals surface area contributed by atoms with Gasteiger partial charge in [-0.25, -0.2) is 9.97 Å². The highest BCUT2D eigenvalue weighted by molar-refractivity contribution is 6.05. The number of hydrogen-bond acceptors (Lipinski definition) is 8. The normalized spacial score (nSPS) is 20.1. The van der Waals surface area contributed by atoms with Gasteiger partial charge < -0.3 is 28.7 Å². The fraction of sp³-hybridized carbons (Fsp3) is 0.414. The van der Waals surface area contributed by atoms with E-state index < -0.39 is 12.0 Å². The van der Waals surface area contributed by atoms with Crippen LogP contribution in [0, 0.1) is 12.3 Å². The summed E-state index contributed by atoms with van der Waals surface area (Å²) in [7, 11) is 0. The SMILES string of the molecule is C#Cc1c[nH]c(=O)c(N2CCOC3(COC3)C2C)c1.FC(F)(F)c1nc(N2CCCC2)c2oc3ccccc3c2n1. The Hall–Kier alpha value is -4.08. The summed E-state index contributed by atoms with van der Waals surface area (Å²) in [6, 6.07) is 8.80. The Morgan fingerprint density at radius 3 is 2.59 bits per heavy atom. The van der Waals surface area contributed by atoms with Crippen molar-refractivity contribution < 1.29 is 27.1 Å². The van der Waals surface area contributed by atoms with Crippen LogP contribution in [0.1, 0.15) is 31.2 Å². The van der Waals surface area contributed by atoms with Gasteiger partial charge in [0.1, 0.15) is 22.4 Å². The van der Waals surface area contributed by atoms with Crippen molar-refractivity contribution in [1.82, 2.24) is 15.0 Å². The number of nitrogens with one attached hydrogen (secondary N) is 1. The molecule has 41 heavy (non-hydrogen) atoms. The monoisotopic (exact) mass is 567 g/mol. The lowest BCUT2D eigenvalue weighted by molar-refractivity contribution is -0.228. The van der Waals surface area contributed by atoms with E-state index in [0.29, 0.717) is 67.3 Å². The molecule has 12 heteroatoms. The second-order valence-electron chi connectivity index (χ2n) is 10.4. The Balaban J connectivity index is 0.000000149. The van der Waals surface area contributed by atoms with Gasteiger partial charge in [-0.3, -0.25) is 4.79 Å². The van der Waals surface area contributed by atoms with Crippen molar-refractivity contribution in [3.05, 3.63) is 58.3 Å². The molecule has 9 nitrogen and oxygen atoms in total. The average molecular weight is 568 g/mol. The van der Waals surface area contributed by atoms with E-state index in [1.54, 1.807) is 36.5 Å². The number of alkyl halides is 3. The van der Waals surface area contributed by atoms with Gasteiger partial charge in [0.25, 0.3) is 5.56 Å². The zero-order valence-electron chi connectivity index (χ0n) is 22.3. The molecule has 3 aliphatic rings. The third-order valence-electron chi connectivity index (χ3n) is 7.86. The van der Waals surface area contributed by atoms with Crippen molar-refractivity contribution in [2.45, 2.75) is 37.6 Å². The number of benzene rings is 1. The molecule has 7 rings (SSSR count). The van der Waals surface area contributed by atoms with E-state index in [0.717, 1.165) is 12.8 Å². The van der Waals surface area contributed by atoms with Crippen LogP contribution in [0.3, 0.4) is 0 Å². The number of terminal acetylenes is 1. The molecule has 3 saturated heterocycles. The van der Waals surface area contributed by atoms with Crippen LogP contribution < -0.4 is 15.4 Å². The van der Waals surface area contributed by atoms with Crippen LogP contribution in [-0.4, -0.2) is 66.0 Å².